The van der Waals surface area contributed by atoms with E-state index in [1.807, 2.05) is 32.2 Å². The smallest absolute Gasteiger partial charge is 0.274 e. The molecule has 0 bridgehead atoms. The molecule has 0 unspecified atom stereocenters. The number of nitrogens with zero attached hydrogens (tertiary/aromatic N) is 4. The lowest BCUT2D eigenvalue weighted by Crippen LogP contribution is -2.34. The van der Waals surface area contributed by atoms with E-state index in [2.05, 4.69) is 20.4 Å². The van der Waals surface area contributed by atoms with Crippen LogP contribution in [0.5, 0.6) is 5.19 Å². The zero-order chi connectivity index (χ0) is 19.3. The lowest BCUT2D eigenvalue weighted by molar-refractivity contribution is 0.162. The molecule has 0 atom stereocenters. The molecular formula is C20H21ClFN5OS. The summed E-state index contributed by atoms with van der Waals surface area (Å²) in [6.07, 6.45) is 3.90. The maximum atomic E-state index is 14.8. The van der Waals surface area contributed by atoms with Crippen molar-refractivity contribution in [1.82, 2.24) is 24.9 Å². The Morgan fingerprint density at radius 3 is 2.76 bits per heavy atom. The molecule has 1 fully saturated rings. The second kappa shape index (κ2) is 7.85. The molecule has 152 valence electrons. The van der Waals surface area contributed by atoms with Gasteiger partial charge in [-0.25, -0.2) is 13.9 Å². The van der Waals surface area contributed by atoms with Crippen molar-refractivity contribution >= 4 is 39.6 Å². The number of rotatable bonds is 3. The molecule has 1 N–H and O–H groups in total. The number of thiazole rings is 1. The summed E-state index contributed by atoms with van der Waals surface area (Å²) in [6, 6.07) is 5.37. The van der Waals surface area contributed by atoms with Crippen LogP contribution in [0, 0.1) is 19.7 Å². The minimum absolute atomic E-state index is 0. The standard InChI is InChI=1S/C20H20FN5OS.ClH/c1-11-7-16(25-26-10-12(2)23-19(11)26)13-8-15(21)18-17(9-13)28-20(24-18)27-14-3-5-22-6-4-14;/h7-10,14,22H,3-6H2,1-2H3;1H. The fourth-order valence-corrected chi connectivity index (χ4v) is 4.54. The molecule has 3 aromatic heterocycles. The first-order valence-corrected chi connectivity index (χ1v) is 10.2. The van der Waals surface area contributed by atoms with Crippen LogP contribution in [0.25, 0.3) is 27.1 Å². The van der Waals surface area contributed by atoms with E-state index in [9.17, 15) is 4.39 Å². The number of aryl methyl sites for hydroxylation is 2. The van der Waals surface area contributed by atoms with E-state index in [0.29, 0.717) is 16.4 Å². The Bertz CT molecular complexity index is 1180. The highest BCUT2D eigenvalue weighted by atomic mass is 35.5. The topological polar surface area (TPSA) is 64.3 Å². The van der Waals surface area contributed by atoms with Gasteiger partial charge in [0.05, 0.1) is 22.3 Å². The van der Waals surface area contributed by atoms with Crippen LogP contribution in [-0.4, -0.2) is 38.8 Å². The highest BCUT2D eigenvalue weighted by Gasteiger charge is 2.19. The van der Waals surface area contributed by atoms with E-state index in [1.54, 1.807) is 4.52 Å². The summed E-state index contributed by atoms with van der Waals surface area (Å²) >= 11 is 1.39. The first kappa shape index (κ1) is 20.0. The number of benzene rings is 1. The molecule has 6 nitrogen and oxygen atoms in total. The van der Waals surface area contributed by atoms with Gasteiger partial charge in [0.25, 0.3) is 5.19 Å². The Balaban J connectivity index is 0.00000205. The van der Waals surface area contributed by atoms with Gasteiger partial charge in [-0.3, -0.25) is 0 Å². The molecule has 0 amide bonds. The van der Waals surface area contributed by atoms with Crippen LogP contribution in [0.1, 0.15) is 24.1 Å². The van der Waals surface area contributed by atoms with Gasteiger partial charge >= 0.3 is 0 Å². The third kappa shape index (κ3) is 3.80. The summed E-state index contributed by atoms with van der Waals surface area (Å²) in [7, 11) is 0. The molecule has 29 heavy (non-hydrogen) atoms. The number of imidazole rings is 1. The molecule has 1 saturated heterocycles. The Morgan fingerprint density at radius 2 is 1.97 bits per heavy atom. The molecule has 0 aliphatic carbocycles. The summed E-state index contributed by atoms with van der Waals surface area (Å²) in [6.45, 7) is 5.80. The Hall–Kier alpha value is -2.29. The van der Waals surface area contributed by atoms with Crippen molar-refractivity contribution in [3.8, 4) is 16.5 Å². The number of hydrogen-bond acceptors (Lipinski definition) is 6. The first-order valence-electron chi connectivity index (χ1n) is 9.38. The van der Waals surface area contributed by atoms with E-state index in [0.717, 1.165) is 53.1 Å². The van der Waals surface area contributed by atoms with Gasteiger partial charge in [0, 0.05) is 5.56 Å². The third-order valence-electron chi connectivity index (χ3n) is 5.01. The molecule has 4 heterocycles. The number of aromatic nitrogens is 4. The van der Waals surface area contributed by atoms with Gasteiger partial charge in [0.1, 0.15) is 11.6 Å². The molecule has 4 aromatic rings. The summed E-state index contributed by atoms with van der Waals surface area (Å²) in [4.78, 5) is 8.85. The molecule has 1 aliphatic heterocycles. The van der Waals surface area contributed by atoms with Crippen molar-refractivity contribution in [1.29, 1.82) is 0 Å². The number of hydrogen-bond donors (Lipinski definition) is 1. The van der Waals surface area contributed by atoms with Gasteiger partial charge in [0.15, 0.2) is 11.5 Å². The molecule has 1 aliphatic rings. The van der Waals surface area contributed by atoms with Crippen LogP contribution in [-0.2, 0) is 0 Å². The zero-order valence-corrected chi connectivity index (χ0v) is 17.7. The van der Waals surface area contributed by atoms with Crippen LogP contribution in [0.15, 0.2) is 24.4 Å². The van der Waals surface area contributed by atoms with Crippen LogP contribution in [0.3, 0.4) is 0 Å². The third-order valence-corrected chi connectivity index (χ3v) is 5.90. The first-order chi connectivity index (χ1) is 13.6. The Labute approximate surface area is 177 Å². The molecule has 0 saturated carbocycles. The maximum Gasteiger partial charge on any atom is 0.274 e. The van der Waals surface area contributed by atoms with Crippen molar-refractivity contribution in [2.75, 3.05) is 13.1 Å². The highest BCUT2D eigenvalue weighted by molar-refractivity contribution is 7.20. The second-order valence-electron chi connectivity index (χ2n) is 7.21. The van der Waals surface area contributed by atoms with E-state index in [1.165, 1.54) is 17.4 Å². The number of ether oxygens (including phenoxy) is 1. The summed E-state index contributed by atoms with van der Waals surface area (Å²) in [5, 5.41) is 8.45. The average molecular weight is 434 g/mol. The minimum atomic E-state index is -0.356. The van der Waals surface area contributed by atoms with Gasteiger partial charge in [-0.05, 0) is 63.5 Å². The Kier molecular flexibility index (Phi) is 5.42. The summed E-state index contributed by atoms with van der Waals surface area (Å²) in [5.74, 6) is -0.356. The molecule has 0 spiro atoms. The van der Waals surface area contributed by atoms with E-state index < -0.39 is 0 Å². The van der Waals surface area contributed by atoms with Gasteiger partial charge < -0.3 is 10.1 Å². The molecule has 9 heteroatoms. The minimum Gasteiger partial charge on any atom is -0.467 e. The summed E-state index contributed by atoms with van der Waals surface area (Å²) in [5.41, 5.74) is 4.50. The Morgan fingerprint density at radius 1 is 1.17 bits per heavy atom. The fraction of sp³-hybridized carbons (Fsp3) is 0.350. The largest absolute Gasteiger partial charge is 0.467 e. The zero-order valence-electron chi connectivity index (χ0n) is 16.1. The molecular weight excluding hydrogens is 413 g/mol. The second-order valence-corrected chi connectivity index (χ2v) is 8.21. The number of piperidine rings is 1. The number of fused-ring (bicyclic) bond motifs is 2. The average Bonchev–Trinajstić information content (AvgIpc) is 3.25. The van der Waals surface area contributed by atoms with E-state index >= 15 is 0 Å². The quantitative estimate of drug-likeness (QED) is 0.521. The van der Waals surface area contributed by atoms with Crippen molar-refractivity contribution in [2.45, 2.75) is 32.8 Å². The van der Waals surface area contributed by atoms with Crippen LogP contribution >= 0.6 is 23.7 Å². The summed E-state index contributed by atoms with van der Waals surface area (Å²) < 4.78 is 23.3. The van der Waals surface area contributed by atoms with E-state index in [4.69, 9.17) is 4.74 Å². The predicted molar refractivity (Wildman–Crippen MR) is 115 cm³/mol. The SMILES string of the molecule is Cc1cn2nc(-c3cc(F)c4nc(OC5CCNCC5)sc4c3)cc(C)c2n1.Cl. The lowest BCUT2D eigenvalue weighted by Gasteiger charge is -2.22. The van der Waals surface area contributed by atoms with Gasteiger partial charge in [-0.1, -0.05) is 11.3 Å². The lowest BCUT2D eigenvalue weighted by atomic mass is 10.1. The monoisotopic (exact) mass is 433 g/mol. The molecule has 0 radical (unpaired) electrons. The van der Waals surface area contributed by atoms with Crippen molar-refractivity contribution in [3.63, 3.8) is 0 Å². The van der Waals surface area contributed by atoms with Gasteiger partial charge in [0.2, 0.25) is 0 Å². The van der Waals surface area contributed by atoms with Crippen molar-refractivity contribution in [3.05, 3.63) is 41.5 Å². The predicted octanol–water partition coefficient (Wildman–Crippen LogP) is 4.31. The van der Waals surface area contributed by atoms with Crippen molar-refractivity contribution in [2.24, 2.45) is 0 Å². The number of halogens is 2. The maximum absolute atomic E-state index is 14.8. The van der Waals surface area contributed by atoms with Crippen molar-refractivity contribution < 1.29 is 9.13 Å². The van der Waals surface area contributed by atoms with Gasteiger partial charge in [-0.15, -0.1) is 12.4 Å². The highest BCUT2D eigenvalue weighted by Crippen LogP contribution is 2.34. The van der Waals surface area contributed by atoms with Crippen LogP contribution in [0.2, 0.25) is 0 Å². The molecule has 5 rings (SSSR count). The number of nitrogens with one attached hydrogen (secondary N) is 1. The van der Waals surface area contributed by atoms with Gasteiger partial charge in [-0.2, -0.15) is 10.1 Å². The van der Waals surface area contributed by atoms with Crippen LogP contribution in [0.4, 0.5) is 4.39 Å². The molecule has 1 aromatic carbocycles. The van der Waals surface area contributed by atoms with Crippen LogP contribution < -0.4 is 10.1 Å². The van der Waals surface area contributed by atoms with E-state index in [-0.39, 0.29) is 24.3 Å². The normalized spacial score (nSPS) is 15.0. The fourth-order valence-electron chi connectivity index (χ4n) is 3.61.